The molecule has 0 aliphatic carbocycles. The standard InChI is InChI=1S/C23H16ClF2N3O2/c24-16-5-3-4-14(10-16)12-27-21(30)13-29-23(31)18-7-2-1-6-17(18)22(28-29)15-8-9-19(25)20(26)11-15/h1-11H,12-13H2,(H,27,30). The average molecular weight is 440 g/mol. The Hall–Kier alpha value is -3.58. The van der Waals surface area contributed by atoms with Gasteiger partial charge in [0, 0.05) is 22.5 Å². The maximum atomic E-state index is 13.8. The Kier molecular flexibility index (Phi) is 5.77. The molecule has 4 rings (SSSR count). The number of halogens is 3. The van der Waals surface area contributed by atoms with E-state index in [1.54, 1.807) is 42.5 Å². The SMILES string of the molecule is O=C(Cn1nc(-c2ccc(F)c(F)c2)c2ccccc2c1=O)NCc1cccc(Cl)c1. The van der Waals surface area contributed by atoms with Gasteiger partial charge in [-0.05, 0) is 42.0 Å². The largest absolute Gasteiger partial charge is 0.350 e. The number of nitrogens with zero attached hydrogens (tertiary/aromatic N) is 2. The molecule has 1 aromatic heterocycles. The highest BCUT2D eigenvalue weighted by Gasteiger charge is 2.15. The minimum atomic E-state index is -1.03. The van der Waals surface area contributed by atoms with Gasteiger partial charge in [-0.3, -0.25) is 9.59 Å². The van der Waals surface area contributed by atoms with Gasteiger partial charge in [0.05, 0.1) is 11.1 Å². The lowest BCUT2D eigenvalue weighted by Gasteiger charge is -2.12. The summed E-state index contributed by atoms with van der Waals surface area (Å²) in [5.74, 6) is -2.44. The first-order valence-electron chi connectivity index (χ1n) is 9.39. The van der Waals surface area contributed by atoms with Crippen molar-refractivity contribution in [3.8, 4) is 11.3 Å². The highest BCUT2D eigenvalue weighted by atomic mass is 35.5. The summed E-state index contributed by atoms with van der Waals surface area (Å²) in [4.78, 5) is 25.3. The van der Waals surface area contributed by atoms with Crippen molar-refractivity contribution in [1.29, 1.82) is 0 Å². The van der Waals surface area contributed by atoms with Crippen molar-refractivity contribution in [2.45, 2.75) is 13.1 Å². The maximum Gasteiger partial charge on any atom is 0.275 e. The van der Waals surface area contributed by atoms with Gasteiger partial charge in [-0.2, -0.15) is 5.10 Å². The number of hydrogen-bond acceptors (Lipinski definition) is 3. The van der Waals surface area contributed by atoms with Crippen molar-refractivity contribution in [2.75, 3.05) is 0 Å². The normalized spacial score (nSPS) is 10.9. The van der Waals surface area contributed by atoms with Crippen LogP contribution in [0.25, 0.3) is 22.0 Å². The molecule has 1 amide bonds. The Labute approximate surface area is 180 Å². The molecule has 0 aliphatic rings. The van der Waals surface area contributed by atoms with Crippen molar-refractivity contribution in [2.24, 2.45) is 0 Å². The van der Waals surface area contributed by atoms with Crippen LogP contribution in [0.15, 0.2) is 71.5 Å². The van der Waals surface area contributed by atoms with Crippen LogP contribution in [0.4, 0.5) is 8.78 Å². The predicted molar refractivity (Wildman–Crippen MR) is 115 cm³/mol. The number of rotatable bonds is 5. The number of fused-ring (bicyclic) bond motifs is 1. The second kappa shape index (κ2) is 8.65. The Morgan fingerprint density at radius 3 is 2.48 bits per heavy atom. The zero-order chi connectivity index (χ0) is 22.0. The van der Waals surface area contributed by atoms with Crippen LogP contribution in [-0.4, -0.2) is 15.7 Å². The third-order valence-corrected chi connectivity index (χ3v) is 4.97. The molecule has 31 heavy (non-hydrogen) atoms. The Balaban J connectivity index is 1.67. The summed E-state index contributed by atoms with van der Waals surface area (Å²) in [7, 11) is 0. The number of benzene rings is 3. The Morgan fingerprint density at radius 2 is 1.74 bits per heavy atom. The quantitative estimate of drug-likeness (QED) is 0.504. The molecule has 8 heteroatoms. The zero-order valence-corrected chi connectivity index (χ0v) is 16.9. The molecule has 0 radical (unpaired) electrons. The maximum absolute atomic E-state index is 13.8. The predicted octanol–water partition coefficient (Wildman–Crippen LogP) is 4.31. The van der Waals surface area contributed by atoms with Crippen LogP contribution in [0.5, 0.6) is 0 Å². The number of nitrogens with one attached hydrogen (secondary N) is 1. The molecule has 0 unspecified atom stereocenters. The molecule has 0 saturated heterocycles. The molecule has 0 saturated carbocycles. The molecular formula is C23H16ClF2N3O2. The lowest BCUT2D eigenvalue weighted by atomic mass is 10.0. The van der Waals surface area contributed by atoms with E-state index in [-0.39, 0.29) is 18.8 Å². The Morgan fingerprint density at radius 1 is 0.968 bits per heavy atom. The fourth-order valence-corrected chi connectivity index (χ4v) is 3.45. The van der Waals surface area contributed by atoms with E-state index in [0.29, 0.717) is 21.4 Å². The van der Waals surface area contributed by atoms with Crippen molar-refractivity contribution in [3.05, 3.63) is 99.3 Å². The summed E-state index contributed by atoms with van der Waals surface area (Å²) in [6.07, 6.45) is 0. The third-order valence-electron chi connectivity index (χ3n) is 4.73. The van der Waals surface area contributed by atoms with E-state index in [1.807, 2.05) is 6.07 Å². The fourth-order valence-electron chi connectivity index (χ4n) is 3.24. The van der Waals surface area contributed by atoms with Gasteiger partial charge in [0.2, 0.25) is 5.91 Å². The van der Waals surface area contributed by atoms with Crippen LogP contribution in [-0.2, 0) is 17.9 Å². The van der Waals surface area contributed by atoms with E-state index in [1.165, 1.54) is 6.07 Å². The van der Waals surface area contributed by atoms with E-state index in [4.69, 9.17) is 11.6 Å². The number of hydrogen-bond donors (Lipinski definition) is 1. The molecule has 0 fully saturated rings. The van der Waals surface area contributed by atoms with E-state index in [0.717, 1.165) is 22.4 Å². The highest BCUT2D eigenvalue weighted by molar-refractivity contribution is 6.30. The van der Waals surface area contributed by atoms with Crippen molar-refractivity contribution in [3.63, 3.8) is 0 Å². The zero-order valence-electron chi connectivity index (χ0n) is 16.1. The van der Waals surface area contributed by atoms with Gasteiger partial charge in [0.25, 0.3) is 5.56 Å². The summed E-state index contributed by atoms with van der Waals surface area (Å²) < 4.78 is 28.2. The van der Waals surface area contributed by atoms with E-state index in [9.17, 15) is 18.4 Å². The van der Waals surface area contributed by atoms with Gasteiger partial charge in [0.15, 0.2) is 11.6 Å². The van der Waals surface area contributed by atoms with E-state index < -0.39 is 23.1 Å². The minimum Gasteiger partial charge on any atom is -0.350 e. The van der Waals surface area contributed by atoms with Crippen LogP contribution >= 0.6 is 11.6 Å². The van der Waals surface area contributed by atoms with Crippen LogP contribution in [0.3, 0.4) is 0 Å². The molecule has 156 valence electrons. The molecule has 1 heterocycles. The van der Waals surface area contributed by atoms with Gasteiger partial charge in [-0.15, -0.1) is 0 Å². The number of carbonyl (C=O) groups excluding carboxylic acids is 1. The Bertz CT molecular complexity index is 1350. The van der Waals surface area contributed by atoms with E-state index >= 15 is 0 Å². The van der Waals surface area contributed by atoms with Gasteiger partial charge < -0.3 is 5.32 Å². The summed E-state index contributed by atoms with van der Waals surface area (Å²) in [6.45, 7) is -0.0985. The molecule has 3 aromatic carbocycles. The molecule has 0 atom stereocenters. The van der Waals surface area contributed by atoms with Crippen LogP contribution in [0, 0.1) is 11.6 Å². The lowest BCUT2D eigenvalue weighted by Crippen LogP contribution is -2.33. The summed E-state index contributed by atoms with van der Waals surface area (Å²) in [5, 5.41) is 8.35. The van der Waals surface area contributed by atoms with Crippen LogP contribution in [0.1, 0.15) is 5.56 Å². The molecule has 0 spiro atoms. The average Bonchev–Trinajstić information content (AvgIpc) is 2.76. The smallest absolute Gasteiger partial charge is 0.275 e. The first kappa shape index (κ1) is 20.7. The van der Waals surface area contributed by atoms with Crippen molar-refractivity contribution < 1.29 is 13.6 Å². The van der Waals surface area contributed by atoms with Gasteiger partial charge in [-0.1, -0.05) is 41.9 Å². The second-order valence-electron chi connectivity index (χ2n) is 6.89. The monoisotopic (exact) mass is 439 g/mol. The summed E-state index contributed by atoms with van der Waals surface area (Å²) >= 11 is 5.94. The molecule has 0 aliphatic heterocycles. The van der Waals surface area contributed by atoms with E-state index in [2.05, 4.69) is 10.4 Å². The lowest BCUT2D eigenvalue weighted by molar-refractivity contribution is -0.122. The van der Waals surface area contributed by atoms with Gasteiger partial charge >= 0.3 is 0 Å². The topological polar surface area (TPSA) is 64.0 Å². The second-order valence-corrected chi connectivity index (χ2v) is 7.33. The van der Waals surface area contributed by atoms with Gasteiger partial charge in [0.1, 0.15) is 6.54 Å². The first-order valence-corrected chi connectivity index (χ1v) is 9.76. The minimum absolute atomic E-state index is 0.234. The van der Waals surface area contributed by atoms with Crippen molar-refractivity contribution in [1.82, 2.24) is 15.1 Å². The van der Waals surface area contributed by atoms with Crippen molar-refractivity contribution >= 4 is 28.3 Å². The number of aromatic nitrogens is 2. The molecule has 4 aromatic rings. The highest BCUT2D eigenvalue weighted by Crippen LogP contribution is 2.26. The van der Waals surface area contributed by atoms with Crippen LogP contribution < -0.4 is 10.9 Å². The van der Waals surface area contributed by atoms with Gasteiger partial charge in [-0.25, -0.2) is 13.5 Å². The number of amides is 1. The summed E-state index contributed by atoms with van der Waals surface area (Å²) in [5.41, 5.74) is 0.918. The molecule has 5 nitrogen and oxygen atoms in total. The first-order chi connectivity index (χ1) is 14.9. The molecular weight excluding hydrogens is 424 g/mol. The third kappa shape index (κ3) is 4.46. The van der Waals surface area contributed by atoms with Crippen LogP contribution in [0.2, 0.25) is 5.02 Å². The summed E-state index contributed by atoms with van der Waals surface area (Å²) in [6, 6.07) is 17.1. The molecule has 1 N–H and O–H groups in total. The molecule has 0 bridgehead atoms. The fraction of sp³-hybridized carbons (Fsp3) is 0.0870. The number of carbonyl (C=O) groups is 1.